The molecule has 0 atom stereocenters. The van der Waals surface area contributed by atoms with Crippen LogP contribution in [0.25, 0.3) is 0 Å². The third kappa shape index (κ3) is 4.63. The highest BCUT2D eigenvalue weighted by atomic mass is 19.1. The van der Waals surface area contributed by atoms with Crippen LogP contribution in [0.5, 0.6) is 0 Å². The molecule has 0 aromatic heterocycles. The van der Waals surface area contributed by atoms with Gasteiger partial charge in [0.15, 0.2) is 0 Å². The summed E-state index contributed by atoms with van der Waals surface area (Å²) in [5.74, 6) is 0.434. The predicted octanol–water partition coefficient (Wildman–Crippen LogP) is 2.93. The summed E-state index contributed by atoms with van der Waals surface area (Å²) in [6.45, 7) is 2.59. The molecular formula is C15H21FN2O. The average Bonchev–Trinajstić information content (AvgIpc) is 2.41. The second-order valence-corrected chi connectivity index (χ2v) is 5.39. The zero-order valence-corrected chi connectivity index (χ0v) is 11.3. The van der Waals surface area contributed by atoms with Crippen LogP contribution in [0.2, 0.25) is 0 Å². The van der Waals surface area contributed by atoms with Gasteiger partial charge in [-0.05, 0) is 55.9 Å². The molecule has 19 heavy (non-hydrogen) atoms. The molecule has 0 saturated heterocycles. The van der Waals surface area contributed by atoms with Crippen molar-refractivity contribution in [3.05, 3.63) is 30.1 Å². The highest BCUT2D eigenvalue weighted by molar-refractivity contribution is 5.92. The molecule has 0 aliphatic heterocycles. The molecule has 1 saturated carbocycles. The molecule has 0 spiro atoms. The van der Waals surface area contributed by atoms with E-state index in [1.54, 1.807) is 12.1 Å². The van der Waals surface area contributed by atoms with Crippen LogP contribution in [0.15, 0.2) is 24.3 Å². The third-order valence-electron chi connectivity index (χ3n) is 3.70. The van der Waals surface area contributed by atoms with E-state index in [4.69, 9.17) is 0 Å². The highest BCUT2D eigenvalue weighted by Gasteiger charge is 2.18. The number of carbonyl (C=O) groups excluding carboxylic acids is 1. The second kappa shape index (κ2) is 6.66. The predicted molar refractivity (Wildman–Crippen MR) is 74.5 cm³/mol. The molecule has 0 radical (unpaired) electrons. The lowest BCUT2D eigenvalue weighted by atomic mass is 9.87. The summed E-state index contributed by atoms with van der Waals surface area (Å²) in [7, 11) is 0. The lowest BCUT2D eigenvalue weighted by Gasteiger charge is -2.26. The lowest BCUT2D eigenvalue weighted by molar-refractivity contribution is -0.115. The summed E-state index contributed by atoms with van der Waals surface area (Å²) in [6, 6.07) is 6.26. The van der Waals surface area contributed by atoms with Crippen LogP contribution in [-0.2, 0) is 4.79 Å². The first-order valence-electron chi connectivity index (χ1n) is 6.92. The molecule has 3 nitrogen and oxygen atoms in total. The van der Waals surface area contributed by atoms with Crippen molar-refractivity contribution < 1.29 is 9.18 Å². The highest BCUT2D eigenvalue weighted by Crippen LogP contribution is 2.23. The molecule has 1 amide bonds. The van der Waals surface area contributed by atoms with Gasteiger partial charge in [0, 0.05) is 11.7 Å². The van der Waals surface area contributed by atoms with Gasteiger partial charge in [0.2, 0.25) is 5.91 Å². The average molecular weight is 264 g/mol. The summed E-state index contributed by atoms with van der Waals surface area (Å²) in [4.78, 5) is 11.7. The van der Waals surface area contributed by atoms with E-state index in [0.717, 1.165) is 18.8 Å². The van der Waals surface area contributed by atoms with E-state index >= 15 is 0 Å². The topological polar surface area (TPSA) is 41.1 Å². The first-order chi connectivity index (χ1) is 9.13. The Hall–Kier alpha value is -1.42. The number of anilines is 1. The number of halogens is 1. The Kier molecular flexibility index (Phi) is 4.91. The van der Waals surface area contributed by atoms with Crippen LogP contribution in [0.1, 0.15) is 32.6 Å². The number of hydrogen-bond acceptors (Lipinski definition) is 2. The van der Waals surface area contributed by atoms with Gasteiger partial charge in [0.25, 0.3) is 0 Å². The van der Waals surface area contributed by atoms with E-state index < -0.39 is 0 Å². The van der Waals surface area contributed by atoms with E-state index in [2.05, 4.69) is 17.6 Å². The van der Waals surface area contributed by atoms with Gasteiger partial charge in [-0.2, -0.15) is 0 Å². The molecule has 1 aliphatic rings. The van der Waals surface area contributed by atoms with E-state index in [0.29, 0.717) is 18.3 Å². The Labute approximate surface area is 113 Å². The summed E-state index contributed by atoms with van der Waals surface area (Å²) in [5.41, 5.74) is 0.630. The maximum absolute atomic E-state index is 12.7. The number of nitrogens with one attached hydrogen (secondary N) is 2. The van der Waals surface area contributed by atoms with E-state index in [1.165, 1.54) is 25.0 Å². The van der Waals surface area contributed by atoms with Gasteiger partial charge in [-0.3, -0.25) is 4.79 Å². The van der Waals surface area contributed by atoms with Crippen LogP contribution in [-0.4, -0.2) is 18.5 Å². The van der Waals surface area contributed by atoms with Crippen LogP contribution in [0.3, 0.4) is 0 Å². The molecule has 104 valence electrons. The van der Waals surface area contributed by atoms with Crippen molar-refractivity contribution >= 4 is 11.6 Å². The zero-order chi connectivity index (χ0) is 13.7. The van der Waals surface area contributed by atoms with Gasteiger partial charge in [0.1, 0.15) is 5.82 Å². The van der Waals surface area contributed by atoms with Crippen LogP contribution in [0.4, 0.5) is 10.1 Å². The smallest absolute Gasteiger partial charge is 0.238 e. The summed E-state index contributed by atoms with van der Waals surface area (Å²) in [5, 5.41) is 6.04. The minimum atomic E-state index is -0.299. The first-order valence-corrected chi connectivity index (χ1v) is 6.92. The fourth-order valence-corrected chi connectivity index (χ4v) is 2.44. The van der Waals surface area contributed by atoms with Gasteiger partial charge >= 0.3 is 0 Å². The Bertz CT molecular complexity index is 411. The van der Waals surface area contributed by atoms with Crippen molar-refractivity contribution in [3.63, 3.8) is 0 Å². The van der Waals surface area contributed by atoms with E-state index in [-0.39, 0.29) is 11.7 Å². The Morgan fingerprint density at radius 2 is 1.84 bits per heavy atom. The zero-order valence-electron chi connectivity index (χ0n) is 11.3. The monoisotopic (exact) mass is 264 g/mol. The number of rotatable bonds is 4. The van der Waals surface area contributed by atoms with Gasteiger partial charge in [-0.15, -0.1) is 0 Å². The first kappa shape index (κ1) is 14.0. The molecule has 2 rings (SSSR count). The van der Waals surface area contributed by atoms with Crippen LogP contribution < -0.4 is 10.6 Å². The van der Waals surface area contributed by atoms with E-state index in [9.17, 15) is 9.18 Å². The molecule has 0 heterocycles. The maximum Gasteiger partial charge on any atom is 0.238 e. The van der Waals surface area contributed by atoms with Gasteiger partial charge in [0.05, 0.1) is 6.54 Å². The fourth-order valence-electron chi connectivity index (χ4n) is 2.44. The molecule has 2 N–H and O–H groups in total. The molecule has 1 aromatic rings. The maximum atomic E-state index is 12.7. The number of hydrogen-bond donors (Lipinski definition) is 2. The van der Waals surface area contributed by atoms with E-state index in [1.807, 2.05) is 0 Å². The molecule has 4 heteroatoms. The Balaban J connectivity index is 1.71. The van der Waals surface area contributed by atoms with Gasteiger partial charge in [-0.1, -0.05) is 6.92 Å². The molecule has 1 aromatic carbocycles. The quantitative estimate of drug-likeness (QED) is 0.878. The van der Waals surface area contributed by atoms with Crippen LogP contribution >= 0.6 is 0 Å². The fraction of sp³-hybridized carbons (Fsp3) is 0.533. The van der Waals surface area contributed by atoms with Crippen molar-refractivity contribution in [1.29, 1.82) is 0 Å². The largest absolute Gasteiger partial charge is 0.325 e. The summed E-state index contributed by atoms with van der Waals surface area (Å²) in [6.07, 6.45) is 4.75. The van der Waals surface area contributed by atoms with Crippen molar-refractivity contribution in [2.24, 2.45) is 5.92 Å². The third-order valence-corrected chi connectivity index (χ3v) is 3.70. The Morgan fingerprint density at radius 3 is 2.47 bits per heavy atom. The normalized spacial score (nSPS) is 23.1. The molecule has 1 aliphatic carbocycles. The lowest BCUT2D eigenvalue weighted by Crippen LogP contribution is -2.38. The number of carbonyl (C=O) groups is 1. The van der Waals surface area contributed by atoms with Gasteiger partial charge in [-0.25, -0.2) is 4.39 Å². The minimum Gasteiger partial charge on any atom is -0.325 e. The molecule has 1 fully saturated rings. The summed E-state index contributed by atoms with van der Waals surface area (Å²) < 4.78 is 12.7. The van der Waals surface area contributed by atoms with Crippen LogP contribution in [0, 0.1) is 11.7 Å². The minimum absolute atomic E-state index is 0.0785. The standard InChI is InChI=1S/C15H21FN2O/c1-11-2-6-13(7-3-11)17-10-15(19)18-14-8-4-12(16)5-9-14/h4-5,8-9,11,13,17H,2-3,6-7,10H2,1H3,(H,18,19). The van der Waals surface area contributed by atoms with Crippen molar-refractivity contribution in [3.8, 4) is 0 Å². The number of benzene rings is 1. The SMILES string of the molecule is CC1CCC(NCC(=O)Nc2ccc(F)cc2)CC1. The van der Waals surface area contributed by atoms with Crippen molar-refractivity contribution in [1.82, 2.24) is 5.32 Å². The molecular weight excluding hydrogens is 243 g/mol. The molecule has 0 bridgehead atoms. The summed E-state index contributed by atoms with van der Waals surface area (Å²) >= 11 is 0. The van der Waals surface area contributed by atoms with Crippen molar-refractivity contribution in [2.75, 3.05) is 11.9 Å². The van der Waals surface area contributed by atoms with Gasteiger partial charge < -0.3 is 10.6 Å². The second-order valence-electron chi connectivity index (χ2n) is 5.39. The Morgan fingerprint density at radius 1 is 1.21 bits per heavy atom. The van der Waals surface area contributed by atoms with Crippen molar-refractivity contribution in [2.45, 2.75) is 38.6 Å². The molecule has 0 unspecified atom stereocenters. The number of amides is 1.